The van der Waals surface area contributed by atoms with Gasteiger partial charge in [-0.05, 0) is 36.4 Å². The van der Waals surface area contributed by atoms with E-state index in [-0.39, 0.29) is 35.3 Å². The van der Waals surface area contributed by atoms with Crippen LogP contribution in [0.5, 0.6) is 0 Å². The van der Waals surface area contributed by atoms with Gasteiger partial charge >= 0.3 is 5.97 Å². The smallest absolute Gasteiger partial charge is 0.338 e. The molecule has 8 nitrogen and oxygen atoms in total. The standard InChI is InChI=1S/C17H12FN3O5/c18-12-4-1-10(2-5-12)16-20-13(8-25-16)9-26-17(22)11-3-6-14(19)15(7-11)21(23)24/h1-8H,9,19H2. The van der Waals surface area contributed by atoms with Crippen LogP contribution in [-0.4, -0.2) is 15.9 Å². The van der Waals surface area contributed by atoms with Crippen LogP contribution in [0.15, 0.2) is 53.1 Å². The van der Waals surface area contributed by atoms with Gasteiger partial charge in [-0.2, -0.15) is 0 Å². The summed E-state index contributed by atoms with van der Waals surface area (Å²) < 4.78 is 23.3. The Labute approximate surface area is 146 Å². The number of carbonyl (C=O) groups excluding carboxylic acids is 1. The van der Waals surface area contributed by atoms with Gasteiger partial charge in [-0.25, -0.2) is 14.2 Å². The number of ether oxygens (including phenoxy) is 1. The monoisotopic (exact) mass is 357 g/mol. The second kappa shape index (κ2) is 7.01. The van der Waals surface area contributed by atoms with Gasteiger partial charge in [0.05, 0.1) is 10.5 Å². The largest absolute Gasteiger partial charge is 0.455 e. The number of halogens is 1. The zero-order valence-corrected chi connectivity index (χ0v) is 13.2. The minimum Gasteiger partial charge on any atom is -0.455 e. The number of benzene rings is 2. The molecule has 2 aromatic carbocycles. The third kappa shape index (κ3) is 3.66. The molecule has 132 valence electrons. The molecule has 0 unspecified atom stereocenters. The minimum atomic E-state index is -0.764. The first kappa shape index (κ1) is 17.1. The Morgan fingerprint density at radius 1 is 1.27 bits per heavy atom. The van der Waals surface area contributed by atoms with Crippen LogP contribution in [-0.2, 0) is 11.3 Å². The summed E-state index contributed by atoms with van der Waals surface area (Å²) >= 11 is 0. The second-order valence-corrected chi connectivity index (χ2v) is 5.26. The number of nitro benzene ring substituents is 1. The van der Waals surface area contributed by atoms with E-state index in [1.54, 1.807) is 0 Å². The highest BCUT2D eigenvalue weighted by Crippen LogP contribution is 2.23. The van der Waals surface area contributed by atoms with E-state index in [9.17, 15) is 19.3 Å². The molecular weight excluding hydrogens is 345 g/mol. The van der Waals surface area contributed by atoms with Gasteiger partial charge in [0.1, 0.15) is 30.1 Å². The van der Waals surface area contributed by atoms with Crippen LogP contribution in [0.3, 0.4) is 0 Å². The molecule has 9 heteroatoms. The summed E-state index contributed by atoms with van der Waals surface area (Å²) in [4.78, 5) is 26.4. The topological polar surface area (TPSA) is 121 Å². The van der Waals surface area contributed by atoms with Gasteiger partial charge in [0.2, 0.25) is 5.89 Å². The fraction of sp³-hybridized carbons (Fsp3) is 0.0588. The van der Waals surface area contributed by atoms with Crippen molar-refractivity contribution in [1.29, 1.82) is 0 Å². The van der Waals surface area contributed by atoms with Crippen molar-refractivity contribution in [2.45, 2.75) is 6.61 Å². The average molecular weight is 357 g/mol. The van der Waals surface area contributed by atoms with Crippen molar-refractivity contribution in [3.63, 3.8) is 0 Å². The zero-order chi connectivity index (χ0) is 18.7. The van der Waals surface area contributed by atoms with Gasteiger partial charge < -0.3 is 14.9 Å². The summed E-state index contributed by atoms with van der Waals surface area (Å²) in [5, 5.41) is 10.9. The fourth-order valence-electron chi connectivity index (χ4n) is 2.15. The van der Waals surface area contributed by atoms with Crippen LogP contribution in [0.1, 0.15) is 16.1 Å². The molecule has 0 aliphatic heterocycles. The molecule has 0 amide bonds. The van der Waals surface area contributed by atoms with Gasteiger partial charge in [0.15, 0.2) is 0 Å². The molecule has 0 atom stereocenters. The Hall–Kier alpha value is -3.75. The molecule has 26 heavy (non-hydrogen) atoms. The molecule has 0 saturated heterocycles. The lowest BCUT2D eigenvalue weighted by Crippen LogP contribution is -2.07. The van der Waals surface area contributed by atoms with Crippen molar-refractivity contribution in [2.75, 3.05) is 5.73 Å². The van der Waals surface area contributed by atoms with E-state index in [2.05, 4.69) is 4.98 Å². The molecule has 2 N–H and O–H groups in total. The number of rotatable bonds is 5. The van der Waals surface area contributed by atoms with Gasteiger partial charge in [-0.1, -0.05) is 0 Å². The van der Waals surface area contributed by atoms with E-state index in [1.165, 1.54) is 42.7 Å². The number of nitro groups is 1. The molecule has 0 aliphatic rings. The Bertz CT molecular complexity index is 969. The molecule has 0 saturated carbocycles. The summed E-state index contributed by atoms with van der Waals surface area (Å²) in [5.74, 6) is -0.898. The van der Waals surface area contributed by atoms with E-state index in [1.807, 2.05) is 0 Å². The number of esters is 1. The van der Waals surface area contributed by atoms with Crippen LogP contribution in [0.25, 0.3) is 11.5 Å². The number of hydrogen-bond acceptors (Lipinski definition) is 7. The number of oxazole rings is 1. The minimum absolute atomic E-state index is 0.00634. The normalized spacial score (nSPS) is 10.5. The maximum Gasteiger partial charge on any atom is 0.338 e. The number of nitrogens with two attached hydrogens (primary N) is 1. The lowest BCUT2D eigenvalue weighted by molar-refractivity contribution is -0.383. The Morgan fingerprint density at radius 2 is 2.00 bits per heavy atom. The first-order chi connectivity index (χ1) is 12.4. The molecule has 0 spiro atoms. The van der Waals surface area contributed by atoms with Gasteiger partial charge in [-0.3, -0.25) is 10.1 Å². The van der Waals surface area contributed by atoms with Crippen molar-refractivity contribution in [3.8, 4) is 11.5 Å². The van der Waals surface area contributed by atoms with Crippen LogP contribution in [0.2, 0.25) is 0 Å². The van der Waals surface area contributed by atoms with Crippen molar-refractivity contribution in [2.24, 2.45) is 0 Å². The quantitative estimate of drug-likeness (QED) is 0.322. The number of nitrogen functional groups attached to an aromatic ring is 1. The third-order valence-corrected chi connectivity index (χ3v) is 3.46. The molecule has 0 fully saturated rings. The molecule has 0 aliphatic carbocycles. The average Bonchev–Trinajstić information content (AvgIpc) is 3.09. The summed E-state index contributed by atoms with van der Waals surface area (Å²) in [6, 6.07) is 9.19. The van der Waals surface area contributed by atoms with E-state index in [0.717, 1.165) is 6.07 Å². The first-order valence-electron chi connectivity index (χ1n) is 7.35. The maximum atomic E-state index is 12.9. The molecule has 0 radical (unpaired) electrons. The number of nitrogens with zero attached hydrogens (tertiary/aromatic N) is 2. The highest BCUT2D eigenvalue weighted by Gasteiger charge is 2.17. The van der Waals surface area contributed by atoms with Crippen molar-refractivity contribution < 1.29 is 23.3 Å². The molecule has 3 rings (SSSR count). The molecular formula is C17H12FN3O5. The third-order valence-electron chi connectivity index (χ3n) is 3.46. The Morgan fingerprint density at radius 3 is 2.69 bits per heavy atom. The lowest BCUT2D eigenvalue weighted by Gasteiger charge is -2.03. The SMILES string of the molecule is Nc1ccc(C(=O)OCc2coc(-c3ccc(F)cc3)n2)cc1[N+](=O)[O-]. The summed E-state index contributed by atoms with van der Waals surface area (Å²) in [6.45, 7) is -0.193. The van der Waals surface area contributed by atoms with Crippen molar-refractivity contribution in [1.82, 2.24) is 4.98 Å². The lowest BCUT2D eigenvalue weighted by atomic mass is 10.2. The fourth-order valence-corrected chi connectivity index (χ4v) is 2.15. The van der Waals surface area contributed by atoms with E-state index < -0.39 is 10.9 Å². The highest BCUT2D eigenvalue weighted by atomic mass is 19.1. The first-order valence-corrected chi connectivity index (χ1v) is 7.35. The van der Waals surface area contributed by atoms with Crippen molar-refractivity contribution >= 4 is 17.3 Å². The number of carbonyl (C=O) groups is 1. The van der Waals surface area contributed by atoms with Crippen LogP contribution >= 0.6 is 0 Å². The summed E-state index contributed by atoms with van der Waals surface area (Å²) in [6.07, 6.45) is 1.30. The number of hydrogen-bond donors (Lipinski definition) is 1. The molecule has 3 aromatic rings. The van der Waals surface area contributed by atoms with E-state index in [4.69, 9.17) is 14.9 Å². The molecule has 0 bridgehead atoms. The van der Waals surface area contributed by atoms with E-state index >= 15 is 0 Å². The maximum absolute atomic E-state index is 12.9. The summed E-state index contributed by atoms with van der Waals surface area (Å²) in [7, 11) is 0. The predicted octanol–water partition coefficient (Wildman–Crippen LogP) is 3.33. The molecule has 1 aromatic heterocycles. The van der Waals surface area contributed by atoms with Crippen LogP contribution < -0.4 is 5.73 Å². The van der Waals surface area contributed by atoms with E-state index in [0.29, 0.717) is 11.3 Å². The molecule has 1 heterocycles. The zero-order valence-electron chi connectivity index (χ0n) is 13.2. The second-order valence-electron chi connectivity index (χ2n) is 5.26. The number of aromatic nitrogens is 1. The number of anilines is 1. The van der Waals surface area contributed by atoms with Gasteiger partial charge in [-0.15, -0.1) is 0 Å². The van der Waals surface area contributed by atoms with Gasteiger partial charge in [0, 0.05) is 11.6 Å². The Kier molecular flexibility index (Phi) is 4.61. The van der Waals surface area contributed by atoms with Gasteiger partial charge in [0.25, 0.3) is 5.69 Å². The predicted molar refractivity (Wildman–Crippen MR) is 88.5 cm³/mol. The summed E-state index contributed by atoms with van der Waals surface area (Å²) in [5.41, 5.74) is 5.96. The van der Waals surface area contributed by atoms with Crippen LogP contribution in [0, 0.1) is 15.9 Å². The van der Waals surface area contributed by atoms with Crippen LogP contribution in [0.4, 0.5) is 15.8 Å². The van der Waals surface area contributed by atoms with Crippen molar-refractivity contribution in [3.05, 3.63) is 75.9 Å². The highest BCUT2D eigenvalue weighted by molar-refractivity contribution is 5.91. The Balaban J connectivity index is 1.68.